The Morgan fingerprint density at radius 2 is 1.89 bits per heavy atom. The summed E-state index contributed by atoms with van der Waals surface area (Å²) in [6, 6.07) is 13.1. The van der Waals surface area contributed by atoms with Crippen LogP contribution in [0.3, 0.4) is 0 Å². The number of carbonyl (C=O) groups excluding carboxylic acids is 2. The number of methoxy groups -OCH3 is 1. The lowest BCUT2D eigenvalue weighted by atomic mass is 9.91. The predicted molar refractivity (Wildman–Crippen MR) is 135 cm³/mol. The highest BCUT2D eigenvalue weighted by atomic mass is 16.5. The average Bonchev–Trinajstić information content (AvgIpc) is 3.54. The van der Waals surface area contributed by atoms with Gasteiger partial charge in [0.25, 0.3) is 5.91 Å². The zero-order valence-corrected chi connectivity index (χ0v) is 21.0. The number of furan rings is 1. The van der Waals surface area contributed by atoms with E-state index in [9.17, 15) is 9.59 Å². The maximum Gasteiger partial charge on any atom is 0.273 e. The molecule has 0 radical (unpaired) electrons. The summed E-state index contributed by atoms with van der Waals surface area (Å²) < 4.78 is 12.7. The van der Waals surface area contributed by atoms with Crippen LogP contribution in [0, 0.1) is 0 Å². The van der Waals surface area contributed by atoms with Crippen molar-refractivity contribution in [3.63, 3.8) is 0 Å². The number of fused-ring (bicyclic) bond motifs is 1. The molecule has 190 valence electrons. The third-order valence-electron chi connectivity index (χ3n) is 7.52. The van der Waals surface area contributed by atoms with E-state index < -0.39 is 5.54 Å². The molecule has 5 rings (SSSR count). The number of ether oxygens (including phenoxy) is 1. The highest BCUT2D eigenvalue weighted by Crippen LogP contribution is 2.33. The first-order valence-electron chi connectivity index (χ1n) is 12.9. The molecule has 8 heteroatoms. The van der Waals surface area contributed by atoms with Crippen LogP contribution in [0.25, 0.3) is 11.5 Å². The molecule has 1 atom stereocenters. The summed E-state index contributed by atoms with van der Waals surface area (Å²) in [5.74, 6) is 0.884. The van der Waals surface area contributed by atoms with Gasteiger partial charge in [0.1, 0.15) is 22.7 Å². The lowest BCUT2D eigenvalue weighted by Gasteiger charge is -2.44. The molecule has 0 spiro atoms. The molecule has 2 amide bonds. The van der Waals surface area contributed by atoms with E-state index in [1.807, 2.05) is 37.3 Å². The molecule has 1 saturated carbocycles. The third kappa shape index (κ3) is 4.64. The SMILES string of the molecule is COc1ccccc1CN1C(=O)c2cc(-c3ccco3)nn2C[C@@]1(C)C(=O)NC1CCCCCCC1. The minimum atomic E-state index is -1.13. The van der Waals surface area contributed by atoms with Crippen LogP contribution < -0.4 is 10.1 Å². The fraction of sp³-hybridized carbons (Fsp3) is 0.464. The smallest absolute Gasteiger partial charge is 0.273 e. The zero-order valence-electron chi connectivity index (χ0n) is 21.0. The Morgan fingerprint density at radius 3 is 2.61 bits per heavy atom. The van der Waals surface area contributed by atoms with Crippen molar-refractivity contribution in [1.82, 2.24) is 20.0 Å². The lowest BCUT2D eigenvalue weighted by Crippen LogP contribution is -2.64. The molecule has 2 aliphatic rings. The van der Waals surface area contributed by atoms with E-state index in [1.165, 1.54) is 19.3 Å². The summed E-state index contributed by atoms with van der Waals surface area (Å²) in [5.41, 5.74) is 0.732. The molecule has 3 aromatic rings. The monoisotopic (exact) mass is 490 g/mol. The van der Waals surface area contributed by atoms with Gasteiger partial charge in [-0.1, -0.05) is 50.3 Å². The number of benzene rings is 1. The Morgan fingerprint density at radius 1 is 1.14 bits per heavy atom. The molecule has 0 bridgehead atoms. The molecule has 1 N–H and O–H groups in total. The van der Waals surface area contributed by atoms with Gasteiger partial charge in [-0.3, -0.25) is 14.3 Å². The van der Waals surface area contributed by atoms with Crippen molar-refractivity contribution in [3.05, 3.63) is 60.0 Å². The van der Waals surface area contributed by atoms with Gasteiger partial charge in [-0.15, -0.1) is 0 Å². The van der Waals surface area contributed by atoms with Crippen LogP contribution in [0.1, 0.15) is 67.9 Å². The molecule has 8 nitrogen and oxygen atoms in total. The van der Waals surface area contributed by atoms with Gasteiger partial charge in [-0.05, 0) is 38.0 Å². The van der Waals surface area contributed by atoms with Crippen LogP contribution in [0.15, 0.2) is 53.1 Å². The van der Waals surface area contributed by atoms with Gasteiger partial charge < -0.3 is 19.4 Å². The van der Waals surface area contributed by atoms with Gasteiger partial charge in [0.05, 0.1) is 26.5 Å². The van der Waals surface area contributed by atoms with Crippen molar-refractivity contribution >= 4 is 11.8 Å². The molecule has 1 fully saturated rings. The second kappa shape index (κ2) is 10.2. The molecule has 1 aromatic carbocycles. The summed E-state index contributed by atoms with van der Waals surface area (Å²) in [4.78, 5) is 29.5. The maximum atomic E-state index is 13.9. The lowest BCUT2D eigenvalue weighted by molar-refractivity contribution is -0.134. The Kier molecular flexibility index (Phi) is 6.85. The number of aromatic nitrogens is 2. The van der Waals surface area contributed by atoms with Crippen LogP contribution >= 0.6 is 0 Å². The number of nitrogens with one attached hydrogen (secondary N) is 1. The average molecular weight is 491 g/mol. The molecular weight excluding hydrogens is 456 g/mol. The van der Waals surface area contributed by atoms with Crippen molar-refractivity contribution in [2.45, 2.75) is 76.5 Å². The first-order valence-corrected chi connectivity index (χ1v) is 12.9. The molecule has 1 aliphatic carbocycles. The highest BCUT2D eigenvalue weighted by Gasteiger charge is 2.48. The fourth-order valence-electron chi connectivity index (χ4n) is 5.38. The van der Waals surface area contributed by atoms with Crippen LogP contribution in [-0.4, -0.2) is 45.2 Å². The van der Waals surface area contributed by atoms with Gasteiger partial charge in [0, 0.05) is 17.7 Å². The topological polar surface area (TPSA) is 89.6 Å². The number of nitrogens with zero attached hydrogens (tertiary/aromatic N) is 3. The van der Waals surface area contributed by atoms with Gasteiger partial charge in [-0.25, -0.2) is 0 Å². The zero-order chi connectivity index (χ0) is 25.1. The first kappa shape index (κ1) is 24.2. The van der Waals surface area contributed by atoms with Crippen molar-refractivity contribution < 1.29 is 18.7 Å². The first-order chi connectivity index (χ1) is 17.5. The summed E-state index contributed by atoms with van der Waals surface area (Å²) >= 11 is 0. The quantitative estimate of drug-likeness (QED) is 0.536. The number of rotatable bonds is 6. The molecule has 3 heterocycles. The molecular formula is C28H34N4O4. The van der Waals surface area contributed by atoms with Crippen LogP contribution in [-0.2, 0) is 17.9 Å². The minimum absolute atomic E-state index is 0.121. The Hall–Kier alpha value is -3.55. The third-order valence-corrected chi connectivity index (χ3v) is 7.52. The van der Waals surface area contributed by atoms with E-state index >= 15 is 0 Å². The van der Waals surface area contributed by atoms with Gasteiger partial charge in [0.15, 0.2) is 5.76 Å². The van der Waals surface area contributed by atoms with E-state index in [0.717, 1.165) is 31.2 Å². The molecule has 0 saturated heterocycles. The second-order valence-electron chi connectivity index (χ2n) is 10.0. The maximum absolute atomic E-state index is 13.9. The highest BCUT2D eigenvalue weighted by molar-refractivity contribution is 6.00. The Balaban J connectivity index is 1.49. The fourth-order valence-corrected chi connectivity index (χ4v) is 5.38. The summed E-state index contributed by atoms with van der Waals surface area (Å²) in [6.45, 7) is 2.34. The van der Waals surface area contributed by atoms with Gasteiger partial charge >= 0.3 is 0 Å². The van der Waals surface area contributed by atoms with Crippen LogP contribution in [0.2, 0.25) is 0 Å². The van der Waals surface area contributed by atoms with Gasteiger partial charge in [0.2, 0.25) is 5.91 Å². The molecule has 1 aliphatic heterocycles. The number of hydrogen-bond donors (Lipinski definition) is 1. The largest absolute Gasteiger partial charge is 0.496 e. The van der Waals surface area contributed by atoms with E-state index in [4.69, 9.17) is 9.15 Å². The predicted octanol–water partition coefficient (Wildman–Crippen LogP) is 4.80. The number of hydrogen-bond acceptors (Lipinski definition) is 5. The van der Waals surface area contributed by atoms with Gasteiger partial charge in [-0.2, -0.15) is 5.10 Å². The van der Waals surface area contributed by atoms with E-state index in [-0.39, 0.29) is 30.9 Å². The molecule has 36 heavy (non-hydrogen) atoms. The number of para-hydroxylation sites is 1. The number of carbonyl (C=O) groups is 2. The van der Waals surface area contributed by atoms with Crippen molar-refractivity contribution in [3.8, 4) is 17.2 Å². The standard InChI is InChI=1S/C28H34N4O4/c1-28(27(34)29-21-12-6-4-3-5-7-13-21)19-32-23(17-22(30-32)25-15-10-16-36-25)26(33)31(28)18-20-11-8-9-14-24(20)35-2/h8-11,14-17,21H,3-7,12-13,18-19H2,1-2H3,(H,29,34)/t28-/m0/s1. The summed E-state index contributed by atoms with van der Waals surface area (Å²) in [7, 11) is 1.61. The van der Waals surface area contributed by atoms with E-state index in [0.29, 0.717) is 22.9 Å². The van der Waals surface area contributed by atoms with Crippen molar-refractivity contribution in [2.75, 3.05) is 7.11 Å². The normalized spacial score (nSPS) is 20.9. The van der Waals surface area contributed by atoms with Crippen molar-refractivity contribution in [1.29, 1.82) is 0 Å². The second-order valence-corrected chi connectivity index (χ2v) is 10.0. The van der Waals surface area contributed by atoms with Crippen LogP contribution in [0.4, 0.5) is 0 Å². The Bertz CT molecular complexity index is 1210. The Labute approximate surface area is 211 Å². The summed E-state index contributed by atoms with van der Waals surface area (Å²) in [5, 5.41) is 7.94. The summed E-state index contributed by atoms with van der Waals surface area (Å²) in [6.07, 6.45) is 9.41. The van der Waals surface area contributed by atoms with Crippen LogP contribution in [0.5, 0.6) is 5.75 Å². The molecule has 0 unspecified atom stereocenters. The minimum Gasteiger partial charge on any atom is -0.496 e. The molecule has 2 aromatic heterocycles. The van der Waals surface area contributed by atoms with Crippen molar-refractivity contribution in [2.24, 2.45) is 0 Å². The number of amides is 2. The van der Waals surface area contributed by atoms with E-state index in [1.54, 1.807) is 35.1 Å². The van der Waals surface area contributed by atoms with E-state index in [2.05, 4.69) is 10.4 Å².